The molecule has 0 aromatic carbocycles. The van der Waals surface area contributed by atoms with Crippen LogP contribution in [0, 0.1) is 5.92 Å². The molecule has 0 spiro atoms. The van der Waals surface area contributed by atoms with E-state index < -0.39 is 9.84 Å². The molecule has 0 bridgehead atoms. The number of amides is 1. The fourth-order valence-electron chi connectivity index (χ4n) is 3.34. The maximum absolute atomic E-state index is 12.4. The van der Waals surface area contributed by atoms with E-state index in [1.807, 2.05) is 0 Å². The molecule has 8 nitrogen and oxygen atoms in total. The van der Waals surface area contributed by atoms with Crippen LogP contribution in [0.15, 0.2) is 40.5 Å². The Morgan fingerprint density at radius 3 is 2.67 bits per heavy atom. The molecule has 0 radical (unpaired) electrons. The second-order valence-electron chi connectivity index (χ2n) is 6.86. The van der Waals surface area contributed by atoms with Crippen molar-refractivity contribution < 1.29 is 17.6 Å². The van der Waals surface area contributed by atoms with Gasteiger partial charge in [0, 0.05) is 39.3 Å². The van der Waals surface area contributed by atoms with Gasteiger partial charge in [0.25, 0.3) is 5.91 Å². The van der Waals surface area contributed by atoms with Gasteiger partial charge in [0.05, 0.1) is 17.8 Å². The largest absolute Gasteiger partial charge is 0.459 e. The lowest BCUT2D eigenvalue weighted by Gasteiger charge is -2.36. The van der Waals surface area contributed by atoms with Gasteiger partial charge in [-0.15, -0.1) is 6.58 Å². The van der Waals surface area contributed by atoms with E-state index in [2.05, 4.69) is 21.8 Å². The Morgan fingerprint density at radius 2 is 2.07 bits per heavy atom. The molecule has 1 aromatic heterocycles. The Hall–Kier alpha value is -2.29. The molecule has 1 atom stereocenters. The molecule has 2 aliphatic heterocycles. The standard InChI is InChI=1S/C18H26N4O4S/c1-2-6-19-18(20-13-15-5-12-27(24,25)14-15)22-9-7-21(8-10-22)17(23)16-4-3-11-26-16/h2-4,11,15H,1,5-10,12-14H2,(H,19,20). The van der Waals surface area contributed by atoms with E-state index in [9.17, 15) is 13.2 Å². The first-order valence-electron chi connectivity index (χ1n) is 9.16. The lowest BCUT2D eigenvalue weighted by molar-refractivity contribution is 0.0657. The Bertz CT molecular complexity index is 780. The third-order valence-electron chi connectivity index (χ3n) is 4.83. The van der Waals surface area contributed by atoms with Gasteiger partial charge in [-0.3, -0.25) is 9.79 Å². The zero-order valence-electron chi connectivity index (χ0n) is 15.3. The SMILES string of the molecule is C=CCNC(=NCC1CCS(=O)(=O)C1)N1CCN(C(=O)c2ccco2)CC1. The minimum atomic E-state index is -2.90. The van der Waals surface area contributed by atoms with Crippen LogP contribution in [0.1, 0.15) is 17.0 Å². The molecular formula is C18H26N4O4S. The number of guanidine groups is 1. The monoisotopic (exact) mass is 394 g/mol. The number of hydrogen-bond acceptors (Lipinski definition) is 5. The Morgan fingerprint density at radius 1 is 1.33 bits per heavy atom. The Labute approximate surface area is 159 Å². The number of nitrogens with zero attached hydrogens (tertiary/aromatic N) is 3. The minimum Gasteiger partial charge on any atom is -0.459 e. The summed E-state index contributed by atoms with van der Waals surface area (Å²) in [6, 6.07) is 3.37. The third kappa shape index (κ3) is 5.12. The van der Waals surface area contributed by atoms with E-state index >= 15 is 0 Å². The predicted molar refractivity (Wildman–Crippen MR) is 103 cm³/mol. The van der Waals surface area contributed by atoms with Crippen LogP contribution in [0.25, 0.3) is 0 Å². The average Bonchev–Trinajstić information content (AvgIpc) is 3.31. The molecule has 1 unspecified atom stereocenters. The zero-order valence-corrected chi connectivity index (χ0v) is 16.2. The summed E-state index contributed by atoms with van der Waals surface area (Å²) in [5, 5.41) is 3.24. The summed E-state index contributed by atoms with van der Waals surface area (Å²) in [6.45, 7) is 7.24. The highest BCUT2D eigenvalue weighted by Gasteiger charge is 2.29. The summed E-state index contributed by atoms with van der Waals surface area (Å²) >= 11 is 0. The van der Waals surface area contributed by atoms with Crippen molar-refractivity contribution in [2.24, 2.45) is 10.9 Å². The van der Waals surface area contributed by atoms with Crippen LogP contribution in [0.4, 0.5) is 0 Å². The minimum absolute atomic E-state index is 0.0809. The van der Waals surface area contributed by atoms with Crippen molar-refractivity contribution in [1.82, 2.24) is 15.1 Å². The molecule has 148 valence electrons. The van der Waals surface area contributed by atoms with Crippen molar-refractivity contribution in [1.29, 1.82) is 0 Å². The average molecular weight is 394 g/mol. The molecule has 2 fully saturated rings. The summed E-state index contributed by atoms with van der Waals surface area (Å²) in [5.74, 6) is 1.55. The molecule has 1 aromatic rings. The number of carbonyl (C=O) groups is 1. The van der Waals surface area contributed by atoms with Crippen molar-refractivity contribution >= 4 is 21.7 Å². The summed E-state index contributed by atoms with van der Waals surface area (Å²) in [5.41, 5.74) is 0. The van der Waals surface area contributed by atoms with Crippen LogP contribution in [0.2, 0.25) is 0 Å². The van der Waals surface area contributed by atoms with E-state index in [4.69, 9.17) is 4.42 Å². The number of nitrogens with one attached hydrogen (secondary N) is 1. The van der Waals surface area contributed by atoms with E-state index in [1.165, 1.54) is 6.26 Å². The maximum Gasteiger partial charge on any atom is 0.289 e. The third-order valence-corrected chi connectivity index (χ3v) is 6.67. The van der Waals surface area contributed by atoms with E-state index in [0.29, 0.717) is 51.4 Å². The van der Waals surface area contributed by atoms with Gasteiger partial charge in [-0.2, -0.15) is 0 Å². The summed E-state index contributed by atoms with van der Waals surface area (Å²) < 4.78 is 28.4. The van der Waals surface area contributed by atoms with Gasteiger partial charge in [-0.1, -0.05) is 6.08 Å². The van der Waals surface area contributed by atoms with Gasteiger partial charge < -0.3 is 19.5 Å². The lowest BCUT2D eigenvalue weighted by atomic mass is 10.1. The summed E-state index contributed by atoms with van der Waals surface area (Å²) in [7, 11) is -2.90. The number of aliphatic imine (C=N–C) groups is 1. The predicted octanol–water partition coefficient (Wildman–Crippen LogP) is 0.604. The van der Waals surface area contributed by atoms with Gasteiger partial charge in [0.1, 0.15) is 0 Å². The van der Waals surface area contributed by atoms with E-state index in [-0.39, 0.29) is 23.3 Å². The molecule has 1 N–H and O–H groups in total. The van der Waals surface area contributed by atoms with Gasteiger partial charge in [0.2, 0.25) is 0 Å². The van der Waals surface area contributed by atoms with Gasteiger partial charge >= 0.3 is 0 Å². The zero-order chi connectivity index (χ0) is 19.3. The first-order valence-corrected chi connectivity index (χ1v) is 11.0. The maximum atomic E-state index is 12.4. The molecule has 2 aliphatic rings. The first kappa shape index (κ1) is 19.5. The Balaban J connectivity index is 1.58. The number of rotatable bonds is 5. The number of hydrogen-bond donors (Lipinski definition) is 1. The molecule has 27 heavy (non-hydrogen) atoms. The molecular weight excluding hydrogens is 368 g/mol. The van der Waals surface area contributed by atoms with Crippen molar-refractivity contribution in [3.05, 3.63) is 36.8 Å². The highest BCUT2D eigenvalue weighted by Crippen LogP contribution is 2.18. The van der Waals surface area contributed by atoms with Crippen molar-refractivity contribution in [2.75, 3.05) is 50.8 Å². The van der Waals surface area contributed by atoms with Gasteiger partial charge in [-0.25, -0.2) is 8.42 Å². The highest BCUT2D eigenvalue weighted by atomic mass is 32.2. The second kappa shape index (κ2) is 8.60. The lowest BCUT2D eigenvalue weighted by Crippen LogP contribution is -2.53. The number of furan rings is 1. The van der Waals surface area contributed by atoms with Crippen LogP contribution in [0.5, 0.6) is 0 Å². The summed E-state index contributed by atoms with van der Waals surface area (Å²) in [4.78, 5) is 20.9. The molecule has 0 saturated carbocycles. The van der Waals surface area contributed by atoms with Crippen molar-refractivity contribution in [3.63, 3.8) is 0 Å². The number of carbonyl (C=O) groups excluding carboxylic acids is 1. The van der Waals surface area contributed by atoms with Crippen LogP contribution < -0.4 is 5.32 Å². The van der Waals surface area contributed by atoms with E-state index in [1.54, 1.807) is 23.1 Å². The molecule has 2 saturated heterocycles. The van der Waals surface area contributed by atoms with Crippen LogP contribution in [-0.4, -0.2) is 80.9 Å². The molecule has 0 aliphatic carbocycles. The molecule has 1 amide bonds. The van der Waals surface area contributed by atoms with Crippen molar-refractivity contribution in [3.8, 4) is 0 Å². The molecule has 3 rings (SSSR count). The first-order chi connectivity index (χ1) is 13.0. The van der Waals surface area contributed by atoms with E-state index in [0.717, 1.165) is 5.96 Å². The van der Waals surface area contributed by atoms with Crippen LogP contribution in [0.3, 0.4) is 0 Å². The summed E-state index contributed by atoms with van der Waals surface area (Å²) in [6.07, 6.45) is 3.93. The number of piperazine rings is 1. The quantitative estimate of drug-likeness (QED) is 0.447. The fourth-order valence-corrected chi connectivity index (χ4v) is 5.19. The number of sulfone groups is 1. The van der Waals surface area contributed by atoms with Crippen LogP contribution in [-0.2, 0) is 9.84 Å². The fraction of sp³-hybridized carbons (Fsp3) is 0.556. The second-order valence-corrected chi connectivity index (χ2v) is 9.09. The van der Waals surface area contributed by atoms with Gasteiger partial charge in [-0.05, 0) is 24.5 Å². The normalized spacial score (nSPS) is 22.7. The topological polar surface area (TPSA) is 95.2 Å². The van der Waals surface area contributed by atoms with Crippen molar-refractivity contribution in [2.45, 2.75) is 6.42 Å². The highest BCUT2D eigenvalue weighted by molar-refractivity contribution is 7.91. The smallest absolute Gasteiger partial charge is 0.289 e. The molecule has 9 heteroatoms. The Kier molecular flexibility index (Phi) is 6.20. The van der Waals surface area contributed by atoms with Gasteiger partial charge in [0.15, 0.2) is 21.6 Å². The molecule has 3 heterocycles. The van der Waals surface area contributed by atoms with Crippen LogP contribution >= 0.6 is 0 Å².